The molecular weight excluding hydrogens is 332 g/mol. The summed E-state index contributed by atoms with van der Waals surface area (Å²) in [6.07, 6.45) is 1.62. The highest BCUT2D eigenvalue weighted by atomic mass is 19.2. The van der Waals surface area contributed by atoms with Crippen molar-refractivity contribution in [3.63, 3.8) is 0 Å². The molecule has 0 bridgehead atoms. The van der Waals surface area contributed by atoms with Gasteiger partial charge in [0.2, 0.25) is 5.82 Å². The third-order valence-electron chi connectivity index (χ3n) is 4.10. The van der Waals surface area contributed by atoms with E-state index in [4.69, 9.17) is 5.73 Å². The Morgan fingerprint density at radius 3 is 2.56 bits per heavy atom. The lowest BCUT2D eigenvalue weighted by Crippen LogP contribution is -2.40. The predicted molar refractivity (Wildman–Crippen MR) is 90.0 cm³/mol. The first-order chi connectivity index (χ1) is 11.9. The Hall–Kier alpha value is -2.81. The van der Waals surface area contributed by atoms with Crippen molar-refractivity contribution >= 4 is 23.0 Å². The number of benzene rings is 1. The highest BCUT2D eigenvalue weighted by Gasteiger charge is 2.22. The van der Waals surface area contributed by atoms with Gasteiger partial charge in [0.15, 0.2) is 11.6 Å². The van der Waals surface area contributed by atoms with Crippen LogP contribution >= 0.6 is 0 Å². The lowest BCUT2D eigenvalue weighted by Gasteiger charge is -2.31. The zero-order valence-electron chi connectivity index (χ0n) is 13.3. The fraction of sp³-hybridized carbons (Fsp3) is 0.312. The van der Waals surface area contributed by atoms with Crippen LogP contribution in [0, 0.1) is 21.7 Å². The van der Waals surface area contributed by atoms with Crippen molar-refractivity contribution in [1.29, 1.82) is 0 Å². The van der Waals surface area contributed by atoms with Gasteiger partial charge in [-0.05, 0) is 31.0 Å². The number of halogens is 2. The molecule has 0 radical (unpaired) electrons. The predicted octanol–water partition coefficient (Wildman–Crippen LogP) is 2.94. The van der Waals surface area contributed by atoms with Gasteiger partial charge in [0.1, 0.15) is 5.82 Å². The summed E-state index contributed by atoms with van der Waals surface area (Å²) in [6, 6.07) is 6.22. The molecule has 132 valence electrons. The molecule has 1 aromatic carbocycles. The smallest absolute Gasteiger partial charge is 0.311 e. The molecule has 3 N–H and O–H groups in total. The van der Waals surface area contributed by atoms with Gasteiger partial charge in [0.25, 0.3) is 0 Å². The van der Waals surface area contributed by atoms with Gasteiger partial charge in [-0.3, -0.25) is 10.1 Å². The summed E-state index contributed by atoms with van der Waals surface area (Å²) in [5, 5.41) is 13.9. The van der Waals surface area contributed by atoms with Crippen molar-refractivity contribution in [2.45, 2.75) is 18.9 Å². The molecule has 1 aliphatic heterocycles. The Bertz CT molecular complexity index is 794. The molecule has 7 nitrogen and oxygen atoms in total. The van der Waals surface area contributed by atoms with Crippen LogP contribution in [0.5, 0.6) is 0 Å². The summed E-state index contributed by atoms with van der Waals surface area (Å²) in [5.74, 6) is -1.49. The minimum Gasteiger partial charge on any atom is -0.356 e. The van der Waals surface area contributed by atoms with E-state index in [9.17, 15) is 18.9 Å². The monoisotopic (exact) mass is 349 g/mol. The largest absolute Gasteiger partial charge is 0.356 e. The Kier molecular flexibility index (Phi) is 4.75. The van der Waals surface area contributed by atoms with Crippen LogP contribution < -0.4 is 16.0 Å². The first-order valence-corrected chi connectivity index (χ1v) is 7.82. The topological polar surface area (TPSA) is 97.3 Å². The second kappa shape index (κ2) is 6.98. The molecule has 1 fully saturated rings. The number of nitro groups is 1. The summed E-state index contributed by atoms with van der Waals surface area (Å²) in [7, 11) is 0. The number of nitrogens with zero attached hydrogens (tertiary/aromatic N) is 3. The lowest BCUT2D eigenvalue weighted by atomic mass is 10.1. The lowest BCUT2D eigenvalue weighted by molar-refractivity contribution is -0.384. The summed E-state index contributed by atoms with van der Waals surface area (Å²) in [5.41, 5.74) is 5.81. The zero-order valence-corrected chi connectivity index (χ0v) is 13.3. The standard InChI is InChI=1S/C16H17F2N5O2/c17-12-2-1-11(9-13(12)18)20-16-14(23(24)25)3-4-15(21-16)22-7-5-10(19)6-8-22/h1-4,9-10H,5-8,19H2,(H,20,21). The molecular formula is C16H17F2N5O2. The fourth-order valence-corrected chi connectivity index (χ4v) is 2.70. The van der Waals surface area contributed by atoms with Gasteiger partial charge in [0.05, 0.1) is 4.92 Å². The third kappa shape index (κ3) is 3.82. The van der Waals surface area contributed by atoms with Gasteiger partial charge < -0.3 is 16.0 Å². The van der Waals surface area contributed by atoms with E-state index < -0.39 is 16.6 Å². The fourth-order valence-electron chi connectivity index (χ4n) is 2.70. The maximum Gasteiger partial charge on any atom is 0.311 e. The quantitative estimate of drug-likeness (QED) is 0.651. The number of nitrogens with two attached hydrogens (primary N) is 1. The van der Waals surface area contributed by atoms with Gasteiger partial charge in [-0.1, -0.05) is 0 Å². The van der Waals surface area contributed by atoms with Crippen molar-refractivity contribution in [3.05, 3.63) is 52.1 Å². The molecule has 0 spiro atoms. The molecule has 2 aromatic rings. The first kappa shape index (κ1) is 17.0. The number of hydrogen-bond donors (Lipinski definition) is 2. The number of piperidine rings is 1. The van der Waals surface area contributed by atoms with E-state index in [0.29, 0.717) is 18.9 Å². The number of anilines is 3. The molecule has 1 aromatic heterocycles. The van der Waals surface area contributed by atoms with E-state index in [1.54, 1.807) is 6.07 Å². The van der Waals surface area contributed by atoms with Crippen LogP contribution in [0.2, 0.25) is 0 Å². The van der Waals surface area contributed by atoms with E-state index in [-0.39, 0.29) is 23.2 Å². The number of nitrogens with one attached hydrogen (secondary N) is 1. The second-order valence-corrected chi connectivity index (χ2v) is 5.87. The van der Waals surface area contributed by atoms with Gasteiger partial charge in [0, 0.05) is 37.0 Å². The molecule has 0 atom stereocenters. The van der Waals surface area contributed by atoms with Crippen molar-refractivity contribution in [1.82, 2.24) is 4.98 Å². The highest BCUT2D eigenvalue weighted by molar-refractivity contribution is 5.68. The minimum atomic E-state index is -1.05. The molecule has 25 heavy (non-hydrogen) atoms. The number of rotatable bonds is 4. The molecule has 0 unspecified atom stereocenters. The Labute approximate surface area is 142 Å². The summed E-state index contributed by atoms with van der Waals surface area (Å²) in [4.78, 5) is 16.9. The number of aromatic nitrogens is 1. The van der Waals surface area contributed by atoms with E-state index >= 15 is 0 Å². The summed E-state index contributed by atoms with van der Waals surface area (Å²) >= 11 is 0. The van der Waals surface area contributed by atoms with Crippen molar-refractivity contribution in [3.8, 4) is 0 Å². The van der Waals surface area contributed by atoms with Crippen LogP contribution in [0.25, 0.3) is 0 Å². The maximum atomic E-state index is 13.4. The first-order valence-electron chi connectivity index (χ1n) is 7.82. The van der Waals surface area contributed by atoms with Crippen molar-refractivity contribution in [2.75, 3.05) is 23.3 Å². The maximum absolute atomic E-state index is 13.4. The minimum absolute atomic E-state index is 0.0246. The van der Waals surface area contributed by atoms with E-state index in [1.165, 1.54) is 12.1 Å². The zero-order chi connectivity index (χ0) is 18.0. The highest BCUT2D eigenvalue weighted by Crippen LogP contribution is 2.29. The van der Waals surface area contributed by atoms with E-state index in [1.807, 2.05) is 4.90 Å². The Morgan fingerprint density at radius 1 is 1.20 bits per heavy atom. The van der Waals surface area contributed by atoms with Crippen LogP contribution in [-0.2, 0) is 0 Å². The average Bonchev–Trinajstić information content (AvgIpc) is 2.58. The van der Waals surface area contributed by atoms with Crippen LogP contribution in [-0.4, -0.2) is 29.0 Å². The molecule has 1 aliphatic rings. The Morgan fingerprint density at radius 2 is 1.92 bits per heavy atom. The normalized spacial score (nSPS) is 15.2. The third-order valence-corrected chi connectivity index (χ3v) is 4.10. The molecule has 9 heteroatoms. The van der Waals surface area contributed by atoms with Crippen LogP contribution in [0.4, 0.5) is 31.8 Å². The Balaban J connectivity index is 1.90. The van der Waals surface area contributed by atoms with Crippen LogP contribution in [0.3, 0.4) is 0 Å². The van der Waals surface area contributed by atoms with Gasteiger partial charge in [-0.25, -0.2) is 13.8 Å². The van der Waals surface area contributed by atoms with Gasteiger partial charge in [-0.15, -0.1) is 0 Å². The molecule has 0 saturated carbocycles. The average molecular weight is 349 g/mol. The molecule has 2 heterocycles. The SMILES string of the molecule is NC1CCN(c2ccc([N+](=O)[O-])c(Nc3ccc(F)c(F)c3)n2)CC1. The molecule has 3 rings (SSSR count). The van der Waals surface area contributed by atoms with Gasteiger partial charge in [-0.2, -0.15) is 0 Å². The van der Waals surface area contributed by atoms with Crippen LogP contribution in [0.1, 0.15) is 12.8 Å². The van der Waals surface area contributed by atoms with Crippen molar-refractivity contribution in [2.24, 2.45) is 5.73 Å². The van der Waals surface area contributed by atoms with Crippen LogP contribution in [0.15, 0.2) is 30.3 Å². The van der Waals surface area contributed by atoms with E-state index in [2.05, 4.69) is 10.3 Å². The van der Waals surface area contributed by atoms with Gasteiger partial charge >= 0.3 is 5.69 Å². The molecule has 1 saturated heterocycles. The van der Waals surface area contributed by atoms with E-state index in [0.717, 1.165) is 25.0 Å². The number of pyridine rings is 1. The molecule has 0 amide bonds. The summed E-state index contributed by atoms with van der Waals surface area (Å²) < 4.78 is 26.4. The van der Waals surface area contributed by atoms with Crippen molar-refractivity contribution < 1.29 is 13.7 Å². The second-order valence-electron chi connectivity index (χ2n) is 5.87. The number of hydrogen-bond acceptors (Lipinski definition) is 6. The molecule has 0 aliphatic carbocycles. The summed E-state index contributed by atoms with van der Waals surface area (Å²) in [6.45, 7) is 1.41.